The molecule has 184 valence electrons. The lowest BCUT2D eigenvalue weighted by molar-refractivity contribution is -0.141. The number of hydrogen-bond acceptors (Lipinski definition) is 4. The van der Waals surface area contributed by atoms with E-state index in [4.69, 9.17) is 9.47 Å². The van der Waals surface area contributed by atoms with Crippen LogP contribution in [-0.2, 0) is 22.6 Å². The molecule has 0 aliphatic heterocycles. The van der Waals surface area contributed by atoms with Crippen molar-refractivity contribution in [1.29, 1.82) is 0 Å². The molecule has 1 aliphatic carbocycles. The number of aryl methyl sites for hydroxylation is 2. The fraction of sp³-hybridized carbons (Fsp3) is 0.500. The summed E-state index contributed by atoms with van der Waals surface area (Å²) in [4.78, 5) is 28.5. The van der Waals surface area contributed by atoms with Crippen molar-refractivity contribution in [2.45, 2.75) is 77.4 Å². The van der Waals surface area contributed by atoms with Crippen LogP contribution in [0.2, 0.25) is 0 Å². The minimum atomic E-state index is -0.486. The Kier molecular flexibility index (Phi) is 9.37. The largest absolute Gasteiger partial charge is 0.493 e. The highest BCUT2D eigenvalue weighted by Crippen LogP contribution is 2.28. The van der Waals surface area contributed by atoms with Crippen LogP contribution in [0.5, 0.6) is 11.5 Å². The van der Waals surface area contributed by atoms with Crippen LogP contribution < -0.4 is 14.8 Å². The molecule has 1 aliphatic rings. The first-order valence-electron chi connectivity index (χ1n) is 12.3. The van der Waals surface area contributed by atoms with E-state index in [9.17, 15) is 9.59 Å². The fourth-order valence-corrected chi connectivity index (χ4v) is 4.61. The van der Waals surface area contributed by atoms with Gasteiger partial charge < -0.3 is 19.7 Å². The monoisotopic (exact) mass is 466 g/mol. The number of benzene rings is 2. The van der Waals surface area contributed by atoms with Crippen molar-refractivity contribution in [2.24, 2.45) is 0 Å². The molecule has 1 unspecified atom stereocenters. The highest BCUT2D eigenvalue weighted by atomic mass is 16.5. The molecule has 6 heteroatoms. The van der Waals surface area contributed by atoms with Crippen molar-refractivity contribution in [3.8, 4) is 11.5 Å². The maximum absolute atomic E-state index is 13.5. The van der Waals surface area contributed by atoms with E-state index in [0.717, 1.165) is 36.8 Å². The summed E-state index contributed by atoms with van der Waals surface area (Å²) in [6.45, 7) is 4.43. The summed E-state index contributed by atoms with van der Waals surface area (Å²) in [6, 6.07) is 13.6. The van der Waals surface area contributed by atoms with Crippen LogP contribution in [-0.4, -0.2) is 43.0 Å². The van der Waals surface area contributed by atoms with Crippen molar-refractivity contribution in [3.05, 3.63) is 59.2 Å². The molecule has 0 spiro atoms. The predicted molar refractivity (Wildman–Crippen MR) is 134 cm³/mol. The summed E-state index contributed by atoms with van der Waals surface area (Å²) in [6.07, 6.45) is 5.80. The van der Waals surface area contributed by atoms with E-state index in [0.29, 0.717) is 37.3 Å². The molecule has 2 aromatic rings. The van der Waals surface area contributed by atoms with E-state index in [1.54, 1.807) is 19.1 Å². The second-order valence-electron chi connectivity index (χ2n) is 9.11. The molecule has 34 heavy (non-hydrogen) atoms. The number of amides is 2. The number of nitrogens with one attached hydrogen (secondary N) is 1. The molecule has 1 fully saturated rings. The third kappa shape index (κ3) is 6.75. The molecule has 0 radical (unpaired) electrons. The summed E-state index contributed by atoms with van der Waals surface area (Å²) in [5.41, 5.74) is 3.18. The Morgan fingerprint density at radius 2 is 1.65 bits per heavy atom. The van der Waals surface area contributed by atoms with Gasteiger partial charge in [0.15, 0.2) is 11.5 Å². The molecule has 0 saturated heterocycles. The predicted octanol–water partition coefficient (Wildman–Crippen LogP) is 4.81. The second-order valence-corrected chi connectivity index (χ2v) is 9.11. The summed E-state index contributed by atoms with van der Waals surface area (Å²) >= 11 is 0. The lowest BCUT2D eigenvalue weighted by Crippen LogP contribution is -2.51. The van der Waals surface area contributed by atoms with Crippen LogP contribution in [0.3, 0.4) is 0 Å². The number of methoxy groups -OCH3 is 2. The Bertz CT molecular complexity index is 951. The number of nitrogens with zero attached hydrogens (tertiary/aromatic N) is 1. The van der Waals surface area contributed by atoms with Gasteiger partial charge in [0.1, 0.15) is 6.04 Å². The summed E-state index contributed by atoms with van der Waals surface area (Å²) in [7, 11) is 3.20. The molecular formula is C28H38N2O4. The zero-order valence-corrected chi connectivity index (χ0v) is 20.9. The minimum Gasteiger partial charge on any atom is -0.493 e. The summed E-state index contributed by atoms with van der Waals surface area (Å²) < 4.78 is 10.7. The van der Waals surface area contributed by atoms with Crippen molar-refractivity contribution in [1.82, 2.24) is 10.2 Å². The number of ether oxygens (including phenoxy) is 2. The fourth-order valence-electron chi connectivity index (χ4n) is 4.61. The molecule has 6 nitrogen and oxygen atoms in total. The number of carbonyl (C=O) groups is 2. The third-order valence-electron chi connectivity index (χ3n) is 6.64. The minimum absolute atomic E-state index is 0.0243. The van der Waals surface area contributed by atoms with Gasteiger partial charge in [-0.1, -0.05) is 55.7 Å². The Morgan fingerprint density at radius 3 is 2.26 bits per heavy atom. The van der Waals surface area contributed by atoms with Gasteiger partial charge in [0.2, 0.25) is 11.8 Å². The number of carbonyl (C=O) groups excluding carboxylic acids is 2. The number of hydrogen-bond donors (Lipinski definition) is 1. The molecule has 2 amide bonds. The van der Waals surface area contributed by atoms with Crippen LogP contribution >= 0.6 is 0 Å². The highest BCUT2D eigenvalue weighted by Gasteiger charge is 2.30. The first kappa shape index (κ1) is 25.6. The van der Waals surface area contributed by atoms with E-state index < -0.39 is 6.04 Å². The molecule has 0 heterocycles. The van der Waals surface area contributed by atoms with E-state index in [2.05, 4.69) is 5.32 Å². The van der Waals surface area contributed by atoms with Crippen LogP contribution in [0.4, 0.5) is 0 Å². The second kappa shape index (κ2) is 12.4. The summed E-state index contributed by atoms with van der Waals surface area (Å²) in [5.74, 6) is 1.24. The first-order valence-corrected chi connectivity index (χ1v) is 12.3. The summed E-state index contributed by atoms with van der Waals surface area (Å²) in [5, 5.41) is 3.20. The first-order chi connectivity index (χ1) is 16.4. The molecule has 3 rings (SSSR count). The van der Waals surface area contributed by atoms with Gasteiger partial charge in [0, 0.05) is 19.0 Å². The average molecular weight is 467 g/mol. The van der Waals surface area contributed by atoms with Gasteiger partial charge in [0.05, 0.1) is 14.2 Å². The van der Waals surface area contributed by atoms with E-state index in [1.807, 2.05) is 56.3 Å². The zero-order valence-electron chi connectivity index (χ0n) is 20.9. The average Bonchev–Trinajstić information content (AvgIpc) is 3.36. The highest BCUT2D eigenvalue weighted by molar-refractivity contribution is 5.88. The van der Waals surface area contributed by atoms with Gasteiger partial charge in [-0.15, -0.1) is 0 Å². The quantitative estimate of drug-likeness (QED) is 0.516. The molecule has 1 atom stereocenters. The normalized spacial score (nSPS) is 14.5. The van der Waals surface area contributed by atoms with Gasteiger partial charge >= 0.3 is 0 Å². The zero-order chi connectivity index (χ0) is 24.5. The van der Waals surface area contributed by atoms with Gasteiger partial charge in [-0.3, -0.25) is 9.59 Å². The van der Waals surface area contributed by atoms with Crippen LogP contribution in [0.1, 0.15) is 62.1 Å². The van der Waals surface area contributed by atoms with Crippen LogP contribution in [0.15, 0.2) is 42.5 Å². The SMILES string of the molecule is CCC(C(=O)NC1CCCC1)N(Cc1ccc(C)cc1)C(=O)CCc1ccc(OC)c(OC)c1. The Balaban J connectivity index is 1.76. The number of rotatable bonds is 11. The molecule has 0 aromatic heterocycles. The molecule has 2 aromatic carbocycles. The molecule has 1 N–H and O–H groups in total. The van der Waals surface area contributed by atoms with Gasteiger partial charge in [-0.2, -0.15) is 0 Å². The van der Waals surface area contributed by atoms with E-state index in [1.165, 1.54) is 5.56 Å². The van der Waals surface area contributed by atoms with Gasteiger partial charge in [-0.05, 0) is 55.9 Å². The third-order valence-corrected chi connectivity index (χ3v) is 6.64. The van der Waals surface area contributed by atoms with Crippen molar-refractivity contribution < 1.29 is 19.1 Å². The van der Waals surface area contributed by atoms with E-state index in [-0.39, 0.29) is 17.9 Å². The standard InChI is InChI=1S/C28H38N2O4/c1-5-24(28(32)29-23-8-6-7-9-23)30(19-22-12-10-20(2)11-13-22)27(31)17-15-21-14-16-25(33-3)26(18-21)34-4/h10-14,16,18,23-24H,5-9,15,17,19H2,1-4H3,(H,29,32). The van der Waals surface area contributed by atoms with Gasteiger partial charge in [-0.25, -0.2) is 0 Å². The molecular weight excluding hydrogens is 428 g/mol. The van der Waals surface area contributed by atoms with Gasteiger partial charge in [0.25, 0.3) is 0 Å². The maximum Gasteiger partial charge on any atom is 0.243 e. The van der Waals surface area contributed by atoms with Crippen LogP contribution in [0, 0.1) is 6.92 Å². The van der Waals surface area contributed by atoms with Crippen molar-refractivity contribution in [3.63, 3.8) is 0 Å². The van der Waals surface area contributed by atoms with Crippen molar-refractivity contribution in [2.75, 3.05) is 14.2 Å². The lowest BCUT2D eigenvalue weighted by atomic mass is 10.0. The van der Waals surface area contributed by atoms with Crippen LogP contribution in [0.25, 0.3) is 0 Å². The Labute approximate surface area is 203 Å². The topological polar surface area (TPSA) is 67.9 Å². The molecule has 0 bridgehead atoms. The van der Waals surface area contributed by atoms with Crippen molar-refractivity contribution >= 4 is 11.8 Å². The molecule has 1 saturated carbocycles. The maximum atomic E-state index is 13.5. The Hall–Kier alpha value is -3.02. The Morgan fingerprint density at radius 1 is 1.00 bits per heavy atom. The lowest BCUT2D eigenvalue weighted by Gasteiger charge is -2.31. The smallest absolute Gasteiger partial charge is 0.243 e. The van der Waals surface area contributed by atoms with E-state index >= 15 is 0 Å².